The van der Waals surface area contributed by atoms with Crippen LogP contribution in [0.3, 0.4) is 0 Å². The molecule has 0 amide bonds. The zero-order valence-corrected chi connectivity index (χ0v) is 15.4. The highest BCUT2D eigenvalue weighted by Gasteiger charge is 2.12. The molecule has 0 bridgehead atoms. The molecule has 1 saturated heterocycles. The number of nitrogens with two attached hydrogens (primary N) is 1. The molecule has 0 spiro atoms. The molecule has 0 atom stereocenters. The van der Waals surface area contributed by atoms with E-state index < -0.39 is 0 Å². The summed E-state index contributed by atoms with van der Waals surface area (Å²) in [6.07, 6.45) is 7.07. The van der Waals surface area contributed by atoms with Gasteiger partial charge in [-0.15, -0.1) is 11.3 Å². The molecule has 3 rings (SSSR count). The standard InChI is InChI=1S/C18H25N5OS/c1-24-16-7-6-14(11-20-22-18-21-17(19)13-25-18)15(10-16)12-23-8-4-2-3-5-9-23/h6-7,10-11,13H,2-5,8-9,12,19H2,1H3,(H,21,22). The van der Waals surface area contributed by atoms with Crippen LogP contribution in [0.2, 0.25) is 0 Å². The van der Waals surface area contributed by atoms with Gasteiger partial charge in [0.2, 0.25) is 5.13 Å². The predicted molar refractivity (Wildman–Crippen MR) is 104 cm³/mol. The molecule has 6 nitrogen and oxygen atoms in total. The molecule has 1 fully saturated rings. The van der Waals surface area contributed by atoms with Crippen molar-refractivity contribution in [1.82, 2.24) is 9.88 Å². The van der Waals surface area contributed by atoms with Crippen LogP contribution >= 0.6 is 11.3 Å². The Morgan fingerprint density at radius 2 is 2.12 bits per heavy atom. The Balaban J connectivity index is 1.72. The van der Waals surface area contributed by atoms with Crippen LogP contribution in [-0.2, 0) is 6.54 Å². The van der Waals surface area contributed by atoms with Crippen molar-refractivity contribution in [3.05, 3.63) is 34.7 Å². The lowest BCUT2D eigenvalue weighted by Gasteiger charge is -2.21. The fourth-order valence-corrected chi connectivity index (χ4v) is 3.55. The Morgan fingerprint density at radius 1 is 1.32 bits per heavy atom. The second-order valence-electron chi connectivity index (χ2n) is 6.20. The van der Waals surface area contributed by atoms with Gasteiger partial charge in [0.25, 0.3) is 0 Å². The molecule has 1 aromatic carbocycles. The minimum Gasteiger partial charge on any atom is -0.497 e. The molecule has 0 unspecified atom stereocenters. The number of ether oxygens (including phenoxy) is 1. The molecule has 1 aromatic heterocycles. The van der Waals surface area contributed by atoms with Gasteiger partial charge >= 0.3 is 0 Å². The summed E-state index contributed by atoms with van der Waals surface area (Å²) < 4.78 is 5.40. The zero-order valence-electron chi connectivity index (χ0n) is 14.6. The Hall–Kier alpha value is -2.12. The average Bonchev–Trinajstić information content (AvgIpc) is 2.87. The first-order valence-electron chi connectivity index (χ1n) is 8.64. The summed E-state index contributed by atoms with van der Waals surface area (Å²) in [7, 11) is 1.70. The number of thiazole rings is 1. The van der Waals surface area contributed by atoms with E-state index in [1.54, 1.807) is 12.5 Å². The Morgan fingerprint density at radius 3 is 2.80 bits per heavy atom. The SMILES string of the molecule is COc1ccc(C=NNc2nc(N)cs2)c(CN2CCCCCC2)c1. The summed E-state index contributed by atoms with van der Waals surface area (Å²) in [6.45, 7) is 3.23. The number of hydrogen-bond acceptors (Lipinski definition) is 7. The fraction of sp³-hybridized carbons (Fsp3) is 0.444. The van der Waals surface area contributed by atoms with Gasteiger partial charge in [0.05, 0.1) is 13.3 Å². The van der Waals surface area contributed by atoms with Crippen LogP contribution in [0, 0.1) is 0 Å². The van der Waals surface area contributed by atoms with Gasteiger partial charge < -0.3 is 10.5 Å². The van der Waals surface area contributed by atoms with Crippen molar-refractivity contribution >= 4 is 28.5 Å². The first-order valence-corrected chi connectivity index (χ1v) is 9.52. The number of methoxy groups -OCH3 is 1. The third kappa shape index (κ3) is 5.17. The summed E-state index contributed by atoms with van der Waals surface area (Å²) in [4.78, 5) is 6.66. The Bertz CT molecular complexity index is 707. The van der Waals surface area contributed by atoms with Crippen molar-refractivity contribution < 1.29 is 4.74 Å². The van der Waals surface area contributed by atoms with Gasteiger partial charge in [-0.2, -0.15) is 5.10 Å². The van der Waals surface area contributed by atoms with Crippen LogP contribution in [0.25, 0.3) is 0 Å². The van der Waals surface area contributed by atoms with Gasteiger partial charge in [-0.25, -0.2) is 4.98 Å². The first kappa shape index (κ1) is 17.7. The Labute approximate surface area is 152 Å². The maximum Gasteiger partial charge on any atom is 0.205 e. The number of hydrazone groups is 1. The van der Waals surface area contributed by atoms with Crippen molar-refractivity contribution in [2.24, 2.45) is 5.10 Å². The molecule has 1 aliphatic heterocycles. The summed E-state index contributed by atoms with van der Waals surface area (Å²) in [5.41, 5.74) is 10.9. The van der Waals surface area contributed by atoms with Gasteiger partial charge in [-0.3, -0.25) is 10.3 Å². The lowest BCUT2D eigenvalue weighted by Crippen LogP contribution is -2.24. The maximum absolute atomic E-state index is 5.62. The number of nitrogens with one attached hydrogen (secondary N) is 1. The van der Waals surface area contributed by atoms with Crippen molar-refractivity contribution in [2.75, 3.05) is 31.4 Å². The van der Waals surface area contributed by atoms with Crippen LogP contribution < -0.4 is 15.9 Å². The highest BCUT2D eigenvalue weighted by molar-refractivity contribution is 7.14. The highest BCUT2D eigenvalue weighted by atomic mass is 32.1. The summed E-state index contributed by atoms with van der Waals surface area (Å²) >= 11 is 1.44. The molecule has 0 radical (unpaired) electrons. The molecule has 3 N–H and O–H groups in total. The van der Waals surface area contributed by atoms with Gasteiger partial charge in [-0.05, 0) is 55.3 Å². The van der Waals surface area contributed by atoms with Gasteiger partial charge in [-0.1, -0.05) is 12.8 Å². The second kappa shape index (κ2) is 8.82. The lowest BCUT2D eigenvalue weighted by atomic mass is 10.1. The number of nitrogens with zero attached hydrogens (tertiary/aromatic N) is 3. The number of nitrogen functional groups attached to an aromatic ring is 1. The third-order valence-electron chi connectivity index (χ3n) is 4.33. The number of benzene rings is 1. The minimum absolute atomic E-state index is 0.508. The summed E-state index contributed by atoms with van der Waals surface area (Å²) in [6, 6.07) is 6.12. The molecular formula is C18H25N5OS. The summed E-state index contributed by atoms with van der Waals surface area (Å²) in [5.74, 6) is 1.39. The Kier molecular flexibility index (Phi) is 6.25. The number of rotatable bonds is 6. The van der Waals surface area contributed by atoms with E-state index in [0.717, 1.165) is 30.9 Å². The average molecular weight is 359 g/mol. The minimum atomic E-state index is 0.508. The molecule has 2 heterocycles. The number of hydrogen-bond donors (Lipinski definition) is 2. The van der Waals surface area contributed by atoms with E-state index in [-0.39, 0.29) is 0 Å². The highest BCUT2D eigenvalue weighted by Crippen LogP contribution is 2.21. The monoisotopic (exact) mass is 359 g/mol. The van der Waals surface area contributed by atoms with E-state index >= 15 is 0 Å². The second-order valence-corrected chi connectivity index (χ2v) is 7.06. The van der Waals surface area contributed by atoms with Gasteiger partial charge in [0.1, 0.15) is 11.6 Å². The van der Waals surface area contributed by atoms with E-state index in [4.69, 9.17) is 10.5 Å². The van der Waals surface area contributed by atoms with Crippen molar-refractivity contribution in [2.45, 2.75) is 32.2 Å². The van der Waals surface area contributed by atoms with Crippen LogP contribution in [0.15, 0.2) is 28.7 Å². The molecule has 0 aliphatic carbocycles. The van der Waals surface area contributed by atoms with E-state index in [0.29, 0.717) is 10.9 Å². The quantitative estimate of drug-likeness (QED) is 0.609. The molecule has 25 heavy (non-hydrogen) atoms. The van der Waals surface area contributed by atoms with Gasteiger partial charge in [0, 0.05) is 11.9 Å². The molecule has 1 aliphatic rings. The smallest absolute Gasteiger partial charge is 0.205 e. The van der Waals surface area contributed by atoms with E-state index in [9.17, 15) is 0 Å². The normalized spacial score (nSPS) is 16.0. The first-order chi connectivity index (χ1) is 12.2. The van der Waals surface area contributed by atoms with E-state index in [1.165, 1.54) is 42.6 Å². The molecular weight excluding hydrogens is 334 g/mol. The van der Waals surface area contributed by atoms with E-state index in [1.807, 2.05) is 18.3 Å². The largest absolute Gasteiger partial charge is 0.497 e. The van der Waals surface area contributed by atoms with Crippen LogP contribution in [0.5, 0.6) is 5.75 Å². The third-order valence-corrected chi connectivity index (χ3v) is 5.09. The van der Waals surface area contributed by atoms with Crippen molar-refractivity contribution in [1.29, 1.82) is 0 Å². The molecule has 7 heteroatoms. The molecule has 134 valence electrons. The topological polar surface area (TPSA) is 75.8 Å². The number of likely N-dealkylation sites (tertiary alicyclic amines) is 1. The van der Waals surface area contributed by atoms with Crippen LogP contribution in [-0.4, -0.2) is 36.3 Å². The predicted octanol–water partition coefficient (Wildman–Crippen LogP) is 3.56. The maximum atomic E-state index is 5.62. The molecule has 2 aromatic rings. The van der Waals surface area contributed by atoms with Crippen LogP contribution in [0.1, 0.15) is 36.8 Å². The lowest BCUT2D eigenvalue weighted by molar-refractivity contribution is 0.276. The number of anilines is 2. The fourth-order valence-electron chi connectivity index (χ4n) is 3.00. The van der Waals surface area contributed by atoms with E-state index in [2.05, 4.69) is 26.5 Å². The molecule has 0 saturated carbocycles. The van der Waals surface area contributed by atoms with Crippen LogP contribution in [0.4, 0.5) is 10.9 Å². The van der Waals surface area contributed by atoms with Gasteiger partial charge in [0.15, 0.2) is 0 Å². The zero-order chi connectivity index (χ0) is 17.5. The van der Waals surface area contributed by atoms with Crippen molar-refractivity contribution in [3.8, 4) is 5.75 Å². The number of aromatic nitrogens is 1. The van der Waals surface area contributed by atoms with Crippen molar-refractivity contribution in [3.63, 3.8) is 0 Å². The summed E-state index contributed by atoms with van der Waals surface area (Å²) in [5, 5.41) is 6.79.